The van der Waals surface area contributed by atoms with Gasteiger partial charge in [0.05, 0.1) is 11.7 Å². The first-order chi connectivity index (χ1) is 9.19. The summed E-state index contributed by atoms with van der Waals surface area (Å²) in [7, 11) is 0. The minimum atomic E-state index is -1.17. The average molecular weight is 298 g/mol. The quantitative estimate of drug-likeness (QED) is 0.860. The van der Waals surface area contributed by atoms with Crippen LogP contribution in [0.3, 0.4) is 0 Å². The minimum absolute atomic E-state index is 0.0247. The Hall–Kier alpha value is -1.47. The normalized spacial score (nSPS) is 21.8. The number of anilines is 1. The predicted octanol–water partition coefficient (Wildman–Crippen LogP) is 2.05. The van der Waals surface area contributed by atoms with E-state index in [9.17, 15) is 9.59 Å². The fourth-order valence-electron chi connectivity index (χ4n) is 2.43. The van der Waals surface area contributed by atoms with Gasteiger partial charge in [-0.05, 0) is 20.8 Å². The number of aromatic carboxylic acids is 1. The van der Waals surface area contributed by atoms with Crippen LogP contribution in [0.1, 0.15) is 47.9 Å². The molecule has 1 aromatic rings. The van der Waals surface area contributed by atoms with E-state index < -0.39 is 5.97 Å². The van der Waals surface area contributed by atoms with Crippen molar-refractivity contribution in [1.29, 1.82) is 0 Å². The lowest BCUT2D eigenvalue weighted by molar-refractivity contribution is -0.0749. The van der Waals surface area contributed by atoms with Crippen molar-refractivity contribution in [2.24, 2.45) is 0 Å². The molecule has 6 nitrogen and oxygen atoms in total. The third kappa shape index (κ3) is 2.99. The van der Waals surface area contributed by atoms with Crippen molar-refractivity contribution >= 4 is 28.2 Å². The molecule has 1 unspecified atom stereocenters. The molecule has 7 heteroatoms. The van der Waals surface area contributed by atoms with Gasteiger partial charge in [-0.1, -0.05) is 11.3 Å². The fourth-order valence-corrected chi connectivity index (χ4v) is 3.39. The van der Waals surface area contributed by atoms with Crippen LogP contribution in [0.4, 0.5) is 5.13 Å². The lowest BCUT2D eigenvalue weighted by Gasteiger charge is -2.41. The van der Waals surface area contributed by atoms with Gasteiger partial charge in [0.15, 0.2) is 16.6 Å². The highest BCUT2D eigenvalue weighted by Gasteiger charge is 2.34. The van der Waals surface area contributed by atoms with Gasteiger partial charge in [0.1, 0.15) is 4.88 Å². The maximum Gasteiger partial charge on any atom is 0.356 e. The van der Waals surface area contributed by atoms with Crippen LogP contribution in [0.25, 0.3) is 0 Å². The molecule has 0 radical (unpaired) electrons. The minimum Gasteiger partial charge on any atom is -0.476 e. The van der Waals surface area contributed by atoms with E-state index in [2.05, 4.69) is 4.98 Å². The number of ether oxygens (including phenoxy) is 1. The number of carbonyl (C=O) groups is 2. The Morgan fingerprint density at radius 2 is 2.15 bits per heavy atom. The van der Waals surface area contributed by atoms with E-state index in [1.165, 1.54) is 6.92 Å². The summed E-state index contributed by atoms with van der Waals surface area (Å²) in [4.78, 5) is 29.0. The molecule has 0 amide bonds. The molecule has 1 saturated heterocycles. The number of rotatable bonds is 3. The third-order valence-corrected chi connectivity index (χ3v) is 4.20. The van der Waals surface area contributed by atoms with Gasteiger partial charge in [-0.3, -0.25) is 4.79 Å². The molecule has 0 spiro atoms. The molecule has 0 saturated carbocycles. The number of morpholine rings is 1. The molecule has 2 heterocycles. The summed E-state index contributed by atoms with van der Waals surface area (Å²) < 4.78 is 5.81. The molecule has 0 aromatic carbocycles. The van der Waals surface area contributed by atoms with Crippen LogP contribution >= 0.6 is 11.3 Å². The van der Waals surface area contributed by atoms with Crippen LogP contribution in [-0.2, 0) is 4.74 Å². The van der Waals surface area contributed by atoms with Gasteiger partial charge in [0.2, 0.25) is 0 Å². The van der Waals surface area contributed by atoms with Gasteiger partial charge in [-0.25, -0.2) is 9.78 Å². The van der Waals surface area contributed by atoms with Crippen LogP contribution < -0.4 is 4.90 Å². The molecule has 2 rings (SSSR count). The summed E-state index contributed by atoms with van der Waals surface area (Å²) >= 11 is 1.13. The van der Waals surface area contributed by atoms with E-state index in [1.807, 2.05) is 25.7 Å². The van der Waals surface area contributed by atoms with Crippen LogP contribution in [-0.4, -0.2) is 46.6 Å². The molecule has 1 aromatic heterocycles. The van der Waals surface area contributed by atoms with Gasteiger partial charge < -0.3 is 14.7 Å². The number of nitrogens with zero attached hydrogens (tertiary/aromatic N) is 2. The number of thiazole rings is 1. The number of carbonyl (C=O) groups excluding carboxylic acids is 1. The molecule has 0 aliphatic carbocycles. The Kier molecular flexibility index (Phi) is 3.84. The van der Waals surface area contributed by atoms with Gasteiger partial charge in [-0.15, -0.1) is 0 Å². The SMILES string of the molecule is CC(=O)c1sc(N2CC(C)OC(C)(C)C2)nc1C(=O)O. The van der Waals surface area contributed by atoms with Gasteiger partial charge in [-0.2, -0.15) is 0 Å². The predicted molar refractivity (Wildman–Crippen MR) is 75.9 cm³/mol. The number of aromatic nitrogens is 1. The fraction of sp³-hybridized carbons (Fsp3) is 0.615. The zero-order chi connectivity index (χ0) is 15.1. The van der Waals surface area contributed by atoms with Gasteiger partial charge in [0, 0.05) is 20.0 Å². The molecule has 110 valence electrons. The molecule has 1 atom stereocenters. The van der Waals surface area contributed by atoms with Crippen molar-refractivity contribution in [3.63, 3.8) is 0 Å². The van der Waals surface area contributed by atoms with Crippen LogP contribution in [0, 0.1) is 0 Å². The summed E-state index contributed by atoms with van der Waals surface area (Å²) in [5.41, 5.74) is -0.488. The highest BCUT2D eigenvalue weighted by molar-refractivity contribution is 7.17. The Morgan fingerprint density at radius 1 is 1.50 bits per heavy atom. The summed E-state index contributed by atoms with van der Waals surface area (Å²) in [6.45, 7) is 8.52. The van der Waals surface area contributed by atoms with Crippen LogP contribution in [0.2, 0.25) is 0 Å². The Morgan fingerprint density at radius 3 is 2.60 bits per heavy atom. The molecule has 0 bridgehead atoms. The van der Waals surface area contributed by atoms with Crippen molar-refractivity contribution in [1.82, 2.24) is 4.98 Å². The number of carboxylic acid groups (broad SMARTS) is 1. The largest absolute Gasteiger partial charge is 0.476 e. The highest BCUT2D eigenvalue weighted by Crippen LogP contribution is 2.31. The molecule has 20 heavy (non-hydrogen) atoms. The van der Waals surface area contributed by atoms with Crippen molar-refractivity contribution in [2.75, 3.05) is 18.0 Å². The smallest absolute Gasteiger partial charge is 0.356 e. The molecule has 1 aliphatic rings. The molecule has 1 N–H and O–H groups in total. The summed E-state index contributed by atoms with van der Waals surface area (Å²) in [5.74, 6) is -1.44. The van der Waals surface area contributed by atoms with Gasteiger partial charge in [0.25, 0.3) is 0 Å². The lowest BCUT2D eigenvalue weighted by atomic mass is 10.1. The van der Waals surface area contributed by atoms with E-state index in [0.717, 1.165) is 11.3 Å². The number of carboxylic acids is 1. The van der Waals surface area contributed by atoms with E-state index in [-0.39, 0.29) is 28.1 Å². The first kappa shape index (κ1) is 14.9. The monoisotopic (exact) mass is 298 g/mol. The zero-order valence-electron chi connectivity index (χ0n) is 12.0. The second-order valence-electron chi connectivity index (χ2n) is 5.60. The van der Waals surface area contributed by atoms with Crippen LogP contribution in [0.15, 0.2) is 0 Å². The van der Waals surface area contributed by atoms with E-state index >= 15 is 0 Å². The standard InChI is InChI=1S/C13H18N2O4S/c1-7-5-15(6-13(3,4)19-7)12-14-9(11(17)18)10(20-12)8(2)16/h7H,5-6H2,1-4H3,(H,17,18). The molecule has 1 aliphatic heterocycles. The van der Waals surface area contributed by atoms with Crippen molar-refractivity contribution < 1.29 is 19.4 Å². The number of Topliss-reactive ketones (excluding diaryl/α,β-unsaturated/α-hetero) is 1. The second kappa shape index (κ2) is 5.14. The van der Waals surface area contributed by atoms with Gasteiger partial charge >= 0.3 is 5.97 Å². The number of ketones is 1. The summed E-state index contributed by atoms with van der Waals surface area (Å²) in [5, 5.41) is 9.70. The Labute approximate surface area is 121 Å². The number of hydrogen-bond acceptors (Lipinski definition) is 6. The summed E-state index contributed by atoms with van der Waals surface area (Å²) in [6.07, 6.45) is 0.0247. The zero-order valence-corrected chi connectivity index (χ0v) is 12.8. The molecule has 1 fully saturated rings. The van der Waals surface area contributed by atoms with Crippen molar-refractivity contribution in [3.05, 3.63) is 10.6 Å². The Balaban J connectivity index is 2.35. The number of hydrogen-bond donors (Lipinski definition) is 1. The maximum atomic E-state index is 11.5. The second-order valence-corrected chi connectivity index (χ2v) is 6.58. The van der Waals surface area contributed by atoms with Crippen LogP contribution in [0.5, 0.6) is 0 Å². The van der Waals surface area contributed by atoms with Crippen molar-refractivity contribution in [3.8, 4) is 0 Å². The van der Waals surface area contributed by atoms with Crippen molar-refractivity contribution in [2.45, 2.75) is 39.4 Å². The maximum absolute atomic E-state index is 11.5. The lowest BCUT2D eigenvalue weighted by Crippen LogP contribution is -2.52. The van der Waals surface area contributed by atoms with E-state index in [0.29, 0.717) is 18.2 Å². The first-order valence-corrected chi connectivity index (χ1v) is 7.19. The Bertz CT molecular complexity index is 521. The first-order valence-electron chi connectivity index (χ1n) is 6.37. The molecular weight excluding hydrogens is 280 g/mol. The molecular formula is C13H18N2O4S. The van der Waals surface area contributed by atoms with E-state index in [4.69, 9.17) is 9.84 Å². The average Bonchev–Trinajstić information content (AvgIpc) is 2.70. The van der Waals surface area contributed by atoms with E-state index in [1.54, 1.807) is 0 Å². The topological polar surface area (TPSA) is 79.7 Å². The highest BCUT2D eigenvalue weighted by atomic mass is 32.1. The summed E-state index contributed by atoms with van der Waals surface area (Å²) in [6, 6.07) is 0. The third-order valence-electron chi connectivity index (χ3n) is 2.98.